The highest BCUT2D eigenvalue weighted by Gasteiger charge is 2.16. The van der Waals surface area contributed by atoms with Crippen molar-refractivity contribution in [1.82, 2.24) is 4.98 Å². The molecule has 0 spiro atoms. The topological polar surface area (TPSA) is 42.0 Å². The zero-order chi connectivity index (χ0) is 16.4. The number of rotatable bonds is 3. The van der Waals surface area contributed by atoms with Gasteiger partial charge in [-0.2, -0.15) is 0 Å². The number of nitrogens with one attached hydrogen (secondary N) is 1. The van der Waals surface area contributed by atoms with Gasteiger partial charge in [0.05, 0.1) is 21.8 Å². The monoisotopic (exact) mass is 330 g/mol. The summed E-state index contributed by atoms with van der Waals surface area (Å²) in [5, 5.41) is 2.45. The van der Waals surface area contributed by atoms with Crippen molar-refractivity contribution in [1.29, 1.82) is 0 Å². The third kappa shape index (κ3) is 3.27. The van der Waals surface area contributed by atoms with Crippen LogP contribution in [0.3, 0.4) is 0 Å². The van der Waals surface area contributed by atoms with Gasteiger partial charge in [-0.05, 0) is 43.3 Å². The van der Waals surface area contributed by atoms with Crippen LogP contribution < -0.4 is 5.32 Å². The van der Waals surface area contributed by atoms with E-state index < -0.39 is 17.5 Å². The summed E-state index contributed by atoms with van der Waals surface area (Å²) in [5.41, 5.74) is 0.789. The van der Waals surface area contributed by atoms with Gasteiger partial charge < -0.3 is 5.32 Å². The van der Waals surface area contributed by atoms with Crippen molar-refractivity contribution in [3.63, 3.8) is 0 Å². The van der Waals surface area contributed by atoms with Crippen LogP contribution in [-0.2, 0) is 0 Å². The minimum atomic E-state index is -0.823. The van der Waals surface area contributed by atoms with Crippen LogP contribution in [0.15, 0.2) is 48.7 Å². The summed E-state index contributed by atoms with van der Waals surface area (Å²) < 4.78 is 26.6. The lowest BCUT2D eigenvalue weighted by molar-refractivity contribution is 0.102. The summed E-state index contributed by atoms with van der Waals surface area (Å²) in [7, 11) is 0. The third-order valence-corrected chi connectivity index (χ3v) is 4.21. The Morgan fingerprint density at radius 1 is 1.17 bits per heavy atom. The molecule has 0 atom stereocenters. The molecule has 0 radical (unpaired) electrons. The zero-order valence-electron chi connectivity index (χ0n) is 12.1. The first-order valence-electron chi connectivity index (χ1n) is 6.83. The lowest BCUT2D eigenvalue weighted by atomic mass is 10.1. The quantitative estimate of drug-likeness (QED) is 0.759. The normalized spacial score (nSPS) is 10.6. The first-order chi connectivity index (χ1) is 11.0. The molecule has 1 amide bonds. The maximum Gasteiger partial charge on any atom is 0.257 e. The van der Waals surface area contributed by atoms with Crippen LogP contribution >= 0.6 is 11.3 Å². The fourth-order valence-corrected chi connectivity index (χ4v) is 3.01. The van der Waals surface area contributed by atoms with Gasteiger partial charge >= 0.3 is 0 Å². The van der Waals surface area contributed by atoms with Crippen LogP contribution in [0.5, 0.6) is 0 Å². The smallest absolute Gasteiger partial charge is 0.257 e. The van der Waals surface area contributed by atoms with Gasteiger partial charge in [-0.3, -0.25) is 9.78 Å². The van der Waals surface area contributed by atoms with Gasteiger partial charge in [-0.25, -0.2) is 8.78 Å². The number of thiophene rings is 1. The Labute approximate surface area is 135 Å². The lowest BCUT2D eigenvalue weighted by Crippen LogP contribution is -2.14. The molecule has 0 aliphatic carbocycles. The number of hydrogen-bond acceptors (Lipinski definition) is 3. The van der Waals surface area contributed by atoms with Gasteiger partial charge in [0, 0.05) is 17.1 Å². The molecular formula is C17H12F2N2OS. The lowest BCUT2D eigenvalue weighted by Gasteiger charge is -2.09. The number of nitrogens with zero attached hydrogens (tertiary/aromatic N) is 1. The molecule has 1 N–H and O–H groups in total. The van der Waals surface area contributed by atoms with E-state index >= 15 is 0 Å². The Balaban J connectivity index is 1.94. The van der Waals surface area contributed by atoms with Crippen molar-refractivity contribution in [2.45, 2.75) is 6.92 Å². The molecule has 0 bridgehead atoms. The standard InChI is InChI=1S/C17H12F2N2OS/c1-10-4-7-15(23-10)16-12(3-2-8-20-16)17(22)21-14-6-5-11(18)9-13(14)19/h2-9H,1H3,(H,21,22). The van der Waals surface area contributed by atoms with Crippen molar-refractivity contribution in [2.24, 2.45) is 0 Å². The fourth-order valence-electron chi connectivity index (χ4n) is 2.13. The number of aromatic nitrogens is 1. The third-order valence-electron chi connectivity index (χ3n) is 3.21. The Morgan fingerprint density at radius 2 is 2.00 bits per heavy atom. The summed E-state index contributed by atoms with van der Waals surface area (Å²) in [6.45, 7) is 1.96. The molecule has 23 heavy (non-hydrogen) atoms. The summed E-state index contributed by atoms with van der Waals surface area (Å²) in [4.78, 5) is 18.7. The van der Waals surface area contributed by atoms with Crippen molar-refractivity contribution < 1.29 is 13.6 Å². The number of anilines is 1. The van der Waals surface area contributed by atoms with Crippen LogP contribution in [0.25, 0.3) is 10.6 Å². The molecule has 6 heteroatoms. The van der Waals surface area contributed by atoms with Crippen molar-refractivity contribution in [2.75, 3.05) is 5.32 Å². The van der Waals surface area contributed by atoms with E-state index in [0.29, 0.717) is 11.3 Å². The number of aryl methyl sites for hydroxylation is 1. The highest BCUT2D eigenvalue weighted by atomic mass is 32.1. The molecule has 3 rings (SSSR count). The van der Waals surface area contributed by atoms with Crippen molar-refractivity contribution in [3.8, 4) is 10.6 Å². The molecule has 0 saturated heterocycles. The second-order valence-corrected chi connectivity index (χ2v) is 6.18. The summed E-state index contributed by atoms with van der Waals surface area (Å²) >= 11 is 1.52. The Kier molecular flexibility index (Phi) is 4.16. The molecular weight excluding hydrogens is 318 g/mol. The van der Waals surface area contributed by atoms with Gasteiger partial charge in [-0.1, -0.05) is 0 Å². The fraction of sp³-hybridized carbons (Fsp3) is 0.0588. The van der Waals surface area contributed by atoms with E-state index in [9.17, 15) is 13.6 Å². The van der Waals surface area contributed by atoms with Crippen LogP contribution in [0.2, 0.25) is 0 Å². The van der Waals surface area contributed by atoms with E-state index in [1.165, 1.54) is 17.4 Å². The minimum absolute atomic E-state index is 0.0754. The van der Waals surface area contributed by atoms with Gasteiger partial charge in [0.15, 0.2) is 0 Å². The number of amides is 1. The number of halogens is 2. The largest absolute Gasteiger partial charge is 0.319 e. The first-order valence-corrected chi connectivity index (χ1v) is 7.64. The van der Waals surface area contributed by atoms with E-state index in [2.05, 4.69) is 10.3 Å². The molecule has 3 aromatic rings. The molecule has 0 saturated carbocycles. The first kappa shape index (κ1) is 15.3. The maximum absolute atomic E-state index is 13.7. The van der Waals surface area contributed by atoms with Gasteiger partial charge in [0.2, 0.25) is 0 Å². The molecule has 0 fully saturated rings. The van der Waals surface area contributed by atoms with Crippen molar-refractivity contribution in [3.05, 3.63) is 70.7 Å². The Bertz CT molecular complexity index is 877. The molecule has 116 valence electrons. The SMILES string of the molecule is Cc1ccc(-c2ncccc2C(=O)Nc2ccc(F)cc2F)s1. The predicted octanol–water partition coefficient (Wildman–Crippen LogP) is 4.65. The van der Waals surface area contributed by atoms with Crippen LogP contribution in [-0.4, -0.2) is 10.9 Å². The molecule has 2 heterocycles. The average Bonchev–Trinajstić information content (AvgIpc) is 2.96. The number of carbonyl (C=O) groups excluding carboxylic acids is 1. The summed E-state index contributed by atoms with van der Waals surface area (Å²) in [6, 6.07) is 10.1. The van der Waals surface area contributed by atoms with Crippen LogP contribution in [0.1, 0.15) is 15.2 Å². The van der Waals surface area contributed by atoms with Gasteiger partial charge in [0.1, 0.15) is 11.6 Å². The second kappa shape index (κ2) is 6.26. The van der Waals surface area contributed by atoms with Crippen molar-refractivity contribution >= 4 is 22.9 Å². The molecule has 1 aromatic carbocycles. The summed E-state index contributed by atoms with van der Waals surface area (Å²) in [5.74, 6) is -2.02. The zero-order valence-corrected chi connectivity index (χ0v) is 13.0. The molecule has 3 nitrogen and oxygen atoms in total. The second-order valence-electron chi connectivity index (χ2n) is 4.89. The molecule has 2 aromatic heterocycles. The maximum atomic E-state index is 13.7. The van der Waals surface area contributed by atoms with Crippen LogP contribution in [0, 0.1) is 18.6 Å². The van der Waals surface area contributed by atoms with E-state index in [0.717, 1.165) is 21.9 Å². The van der Waals surface area contributed by atoms with E-state index in [4.69, 9.17) is 0 Å². The van der Waals surface area contributed by atoms with Crippen LogP contribution in [0.4, 0.5) is 14.5 Å². The Morgan fingerprint density at radius 3 is 2.70 bits per heavy atom. The number of carbonyl (C=O) groups is 1. The average molecular weight is 330 g/mol. The number of hydrogen-bond donors (Lipinski definition) is 1. The number of benzene rings is 1. The molecule has 0 unspecified atom stereocenters. The molecule has 0 aliphatic rings. The van der Waals surface area contributed by atoms with Gasteiger partial charge in [-0.15, -0.1) is 11.3 Å². The van der Waals surface area contributed by atoms with E-state index in [1.54, 1.807) is 18.3 Å². The highest BCUT2D eigenvalue weighted by molar-refractivity contribution is 7.15. The van der Waals surface area contributed by atoms with Gasteiger partial charge in [0.25, 0.3) is 5.91 Å². The Hall–Kier alpha value is -2.60. The molecule has 0 aliphatic heterocycles. The van der Waals surface area contributed by atoms with E-state index in [1.807, 2.05) is 19.1 Å². The number of pyridine rings is 1. The van der Waals surface area contributed by atoms with E-state index in [-0.39, 0.29) is 5.69 Å². The highest BCUT2D eigenvalue weighted by Crippen LogP contribution is 2.29. The predicted molar refractivity (Wildman–Crippen MR) is 86.6 cm³/mol. The minimum Gasteiger partial charge on any atom is -0.319 e. The summed E-state index contributed by atoms with van der Waals surface area (Å²) in [6.07, 6.45) is 1.60.